The summed E-state index contributed by atoms with van der Waals surface area (Å²) in [7, 11) is 0. The van der Waals surface area contributed by atoms with Gasteiger partial charge in [-0.2, -0.15) is 0 Å². The van der Waals surface area contributed by atoms with E-state index in [1.54, 1.807) is 11.8 Å². The zero-order valence-electron chi connectivity index (χ0n) is 13.7. The third-order valence-corrected chi connectivity index (χ3v) is 5.41. The van der Waals surface area contributed by atoms with Gasteiger partial charge in [-0.1, -0.05) is 12.1 Å². The molecule has 5 heteroatoms. The van der Waals surface area contributed by atoms with E-state index in [-0.39, 0.29) is 5.91 Å². The van der Waals surface area contributed by atoms with Crippen LogP contribution in [0.25, 0.3) is 0 Å². The van der Waals surface area contributed by atoms with Crippen LogP contribution in [-0.4, -0.2) is 39.7 Å². The highest BCUT2D eigenvalue weighted by Crippen LogP contribution is 2.25. The Kier molecular flexibility index (Phi) is 5.06. The number of hydrogen-bond donors (Lipinski definition) is 0. The second-order valence-electron chi connectivity index (χ2n) is 6.06. The lowest BCUT2D eigenvalue weighted by molar-refractivity contribution is 0.0679. The summed E-state index contributed by atoms with van der Waals surface area (Å²) in [6.07, 6.45) is 8.04. The van der Waals surface area contributed by atoms with Crippen molar-refractivity contribution in [2.45, 2.75) is 31.2 Å². The number of rotatable bonds is 4. The third kappa shape index (κ3) is 3.61. The van der Waals surface area contributed by atoms with E-state index in [1.165, 1.54) is 0 Å². The van der Waals surface area contributed by atoms with Crippen LogP contribution in [0.5, 0.6) is 0 Å². The molecule has 0 unspecified atom stereocenters. The standard InChI is InChI=1S/C18H23N3OS/c1-14-19-9-12-21(14)13-15-7-10-20(11-8-15)18(22)16-5-3-4-6-17(16)23-2/h3-6,9,12,15H,7-8,10-11,13H2,1-2H3. The number of imidazole rings is 1. The molecule has 0 N–H and O–H groups in total. The summed E-state index contributed by atoms with van der Waals surface area (Å²) in [6.45, 7) is 4.74. The van der Waals surface area contributed by atoms with Gasteiger partial charge in [-0.15, -0.1) is 11.8 Å². The summed E-state index contributed by atoms with van der Waals surface area (Å²) in [5.41, 5.74) is 0.837. The lowest BCUT2D eigenvalue weighted by Crippen LogP contribution is -2.39. The highest BCUT2D eigenvalue weighted by Gasteiger charge is 2.25. The van der Waals surface area contributed by atoms with E-state index in [9.17, 15) is 4.79 Å². The van der Waals surface area contributed by atoms with Crippen molar-refractivity contribution in [3.8, 4) is 0 Å². The van der Waals surface area contributed by atoms with Crippen LogP contribution in [0.2, 0.25) is 0 Å². The Labute approximate surface area is 141 Å². The maximum atomic E-state index is 12.8. The molecule has 0 spiro atoms. The Morgan fingerprint density at radius 3 is 2.70 bits per heavy atom. The Balaban J connectivity index is 1.60. The number of aromatic nitrogens is 2. The first-order chi connectivity index (χ1) is 11.2. The molecule has 2 aromatic rings. The van der Waals surface area contributed by atoms with Gasteiger partial charge in [0.2, 0.25) is 0 Å². The van der Waals surface area contributed by atoms with Gasteiger partial charge in [-0.3, -0.25) is 4.79 Å². The molecule has 1 aliphatic rings. The molecular weight excluding hydrogens is 306 g/mol. The first-order valence-electron chi connectivity index (χ1n) is 8.09. The van der Waals surface area contributed by atoms with Gasteiger partial charge in [-0.05, 0) is 44.1 Å². The molecule has 1 aromatic heterocycles. The van der Waals surface area contributed by atoms with Crippen molar-refractivity contribution >= 4 is 17.7 Å². The molecule has 1 fully saturated rings. The van der Waals surface area contributed by atoms with Crippen molar-refractivity contribution in [2.75, 3.05) is 19.3 Å². The number of carbonyl (C=O) groups excluding carboxylic acids is 1. The van der Waals surface area contributed by atoms with Crippen molar-refractivity contribution in [1.82, 2.24) is 14.5 Å². The molecule has 0 saturated carbocycles. The summed E-state index contributed by atoms with van der Waals surface area (Å²) >= 11 is 1.63. The number of piperidine rings is 1. The van der Waals surface area contributed by atoms with Gasteiger partial charge >= 0.3 is 0 Å². The fourth-order valence-corrected chi connectivity index (χ4v) is 3.78. The predicted molar refractivity (Wildman–Crippen MR) is 93.8 cm³/mol. The van der Waals surface area contributed by atoms with Crippen LogP contribution in [0, 0.1) is 12.8 Å². The molecule has 23 heavy (non-hydrogen) atoms. The van der Waals surface area contributed by atoms with Crippen LogP contribution < -0.4 is 0 Å². The minimum absolute atomic E-state index is 0.173. The summed E-state index contributed by atoms with van der Waals surface area (Å²) < 4.78 is 2.21. The van der Waals surface area contributed by atoms with Gasteiger partial charge in [0.25, 0.3) is 5.91 Å². The summed E-state index contributed by atoms with van der Waals surface area (Å²) in [5.74, 6) is 1.87. The Hall–Kier alpha value is -1.75. The Bertz CT molecular complexity index is 674. The van der Waals surface area contributed by atoms with Crippen LogP contribution in [0.1, 0.15) is 29.0 Å². The normalized spacial score (nSPS) is 15.8. The van der Waals surface area contributed by atoms with E-state index >= 15 is 0 Å². The minimum Gasteiger partial charge on any atom is -0.339 e. The topological polar surface area (TPSA) is 38.1 Å². The second-order valence-corrected chi connectivity index (χ2v) is 6.91. The van der Waals surface area contributed by atoms with Crippen molar-refractivity contribution in [2.24, 2.45) is 5.92 Å². The quantitative estimate of drug-likeness (QED) is 0.806. The number of likely N-dealkylation sites (tertiary alicyclic amines) is 1. The molecule has 1 aliphatic heterocycles. The lowest BCUT2D eigenvalue weighted by atomic mass is 9.96. The number of aryl methyl sites for hydroxylation is 1. The fraction of sp³-hybridized carbons (Fsp3) is 0.444. The predicted octanol–water partition coefficient (Wildman–Crippen LogP) is 3.47. The smallest absolute Gasteiger partial charge is 0.254 e. The zero-order valence-corrected chi connectivity index (χ0v) is 14.6. The molecule has 1 amide bonds. The molecule has 4 nitrogen and oxygen atoms in total. The van der Waals surface area contributed by atoms with E-state index in [0.717, 1.165) is 48.8 Å². The molecule has 122 valence electrons. The minimum atomic E-state index is 0.173. The molecular formula is C18H23N3OS. The second kappa shape index (κ2) is 7.21. The van der Waals surface area contributed by atoms with Crippen LogP contribution in [0.15, 0.2) is 41.6 Å². The molecule has 3 rings (SSSR count). The van der Waals surface area contributed by atoms with Gasteiger partial charge in [0.1, 0.15) is 5.82 Å². The maximum absolute atomic E-state index is 12.8. The Morgan fingerprint density at radius 1 is 1.30 bits per heavy atom. The SMILES string of the molecule is CSc1ccccc1C(=O)N1CCC(Cn2ccnc2C)CC1. The van der Waals surface area contributed by atoms with Gasteiger partial charge in [-0.25, -0.2) is 4.98 Å². The Morgan fingerprint density at radius 2 is 2.04 bits per heavy atom. The number of hydrogen-bond acceptors (Lipinski definition) is 3. The average Bonchev–Trinajstić information content (AvgIpc) is 3.00. The van der Waals surface area contributed by atoms with Gasteiger partial charge in [0.05, 0.1) is 5.56 Å². The number of amides is 1. The average molecular weight is 329 g/mol. The molecule has 2 heterocycles. The fourth-order valence-electron chi connectivity index (χ4n) is 3.19. The first kappa shape index (κ1) is 16.1. The molecule has 0 aliphatic carbocycles. The van der Waals surface area contributed by atoms with E-state index in [2.05, 4.69) is 9.55 Å². The molecule has 0 radical (unpaired) electrons. The number of carbonyl (C=O) groups is 1. The van der Waals surface area contributed by atoms with E-state index in [1.807, 2.05) is 54.7 Å². The number of benzene rings is 1. The van der Waals surface area contributed by atoms with Gasteiger partial charge in [0.15, 0.2) is 0 Å². The van der Waals surface area contributed by atoms with E-state index in [0.29, 0.717) is 5.92 Å². The monoisotopic (exact) mass is 329 g/mol. The summed E-state index contributed by atoms with van der Waals surface area (Å²) in [4.78, 5) is 20.1. The first-order valence-corrected chi connectivity index (χ1v) is 9.31. The number of nitrogens with zero attached hydrogens (tertiary/aromatic N) is 3. The maximum Gasteiger partial charge on any atom is 0.254 e. The lowest BCUT2D eigenvalue weighted by Gasteiger charge is -2.32. The largest absolute Gasteiger partial charge is 0.339 e. The highest BCUT2D eigenvalue weighted by atomic mass is 32.2. The van der Waals surface area contributed by atoms with Gasteiger partial charge in [0, 0.05) is 36.9 Å². The molecule has 0 atom stereocenters. The summed E-state index contributed by atoms with van der Waals surface area (Å²) in [6, 6.07) is 7.89. The van der Waals surface area contributed by atoms with Crippen LogP contribution in [0.3, 0.4) is 0 Å². The molecule has 1 saturated heterocycles. The van der Waals surface area contributed by atoms with Crippen LogP contribution >= 0.6 is 11.8 Å². The van der Waals surface area contributed by atoms with Crippen molar-refractivity contribution in [3.05, 3.63) is 48.0 Å². The van der Waals surface area contributed by atoms with Gasteiger partial charge < -0.3 is 9.47 Å². The van der Waals surface area contributed by atoms with Crippen LogP contribution in [0.4, 0.5) is 0 Å². The van der Waals surface area contributed by atoms with E-state index in [4.69, 9.17) is 0 Å². The van der Waals surface area contributed by atoms with Crippen molar-refractivity contribution in [3.63, 3.8) is 0 Å². The third-order valence-electron chi connectivity index (χ3n) is 4.62. The number of thioether (sulfide) groups is 1. The molecule has 0 bridgehead atoms. The zero-order chi connectivity index (χ0) is 16.2. The highest BCUT2D eigenvalue weighted by molar-refractivity contribution is 7.98. The van der Waals surface area contributed by atoms with Crippen LogP contribution in [-0.2, 0) is 6.54 Å². The molecule has 1 aromatic carbocycles. The van der Waals surface area contributed by atoms with E-state index < -0.39 is 0 Å². The summed E-state index contributed by atoms with van der Waals surface area (Å²) in [5, 5.41) is 0. The van der Waals surface area contributed by atoms with Crippen molar-refractivity contribution < 1.29 is 4.79 Å². The van der Waals surface area contributed by atoms with Crippen molar-refractivity contribution in [1.29, 1.82) is 0 Å².